The predicted octanol–water partition coefficient (Wildman–Crippen LogP) is 2.86. The minimum absolute atomic E-state index is 0.170. The average Bonchev–Trinajstić information content (AvgIpc) is 2.33. The van der Waals surface area contributed by atoms with Crippen molar-refractivity contribution in [2.24, 2.45) is 0 Å². The van der Waals surface area contributed by atoms with E-state index >= 15 is 0 Å². The van der Waals surface area contributed by atoms with Gasteiger partial charge in [-0.05, 0) is 38.8 Å². The molecule has 0 aliphatic heterocycles. The fourth-order valence-electron chi connectivity index (χ4n) is 1.75. The summed E-state index contributed by atoms with van der Waals surface area (Å²) in [4.78, 5) is 11.7. The van der Waals surface area contributed by atoms with Crippen LogP contribution < -0.4 is 15.4 Å². The summed E-state index contributed by atoms with van der Waals surface area (Å²) >= 11 is 0. The van der Waals surface area contributed by atoms with Crippen LogP contribution in [0.25, 0.3) is 0 Å². The number of amides is 2. The molecule has 0 atom stereocenters. The number of ether oxygens (including phenoxy) is 1. The normalized spacial score (nSPS) is 11.0. The largest absolute Gasteiger partial charge is 0.496 e. The van der Waals surface area contributed by atoms with E-state index in [1.807, 2.05) is 32.9 Å². The summed E-state index contributed by atoms with van der Waals surface area (Å²) in [6.07, 6.45) is 0.963. The van der Waals surface area contributed by atoms with Crippen molar-refractivity contribution in [1.82, 2.24) is 10.6 Å². The third kappa shape index (κ3) is 5.20. The molecule has 1 aromatic rings. The van der Waals surface area contributed by atoms with Crippen molar-refractivity contribution < 1.29 is 9.53 Å². The van der Waals surface area contributed by atoms with Gasteiger partial charge in [0.1, 0.15) is 5.75 Å². The quantitative estimate of drug-likeness (QED) is 0.878. The average molecular weight is 264 g/mol. The van der Waals surface area contributed by atoms with Crippen LogP contribution >= 0.6 is 0 Å². The summed E-state index contributed by atoms with van der Waals surface area (Å²) in [5, 5.41) is 5.72. The van der Waals surface area contributed by atoms with Crippen LogP contribution in [0.1, 0.15) is 38.8 Å². The zero-order chi connectivity index (χ0) is 14.5. The molecule has 2 amide bonds. The van der Waals surface area contributed by atoms with Gasteiger partial charge in [0.15, 0.2) is 0 Å². The monoisotopic (exact) mass is 264 g/mol. The summed E-state index contributed by atoms with van der Waals surface area (Å²) in [5.74, 6) is 0.799. The molecule has 2 N–H and O–H groups in total. The lowest BCUT2D eigenvalue weighted by Gasteiger charge is -2.21. The van der Waals surface area contributed by atoms with Gasteiger partial charge in [0, 0.05) is 17.6 Å². The molecule has 0 aromatic heterocycles. The number of carbonyl (C=O) groups excluding carboxylic acids is 1. The van der Waals surface area contributed by atoms with E-state index in [1.165, 1.54) is 5.56 Å². The minimum Gasteiger partial charge on any atom is -0.496 e. The second kappa shape index (κ2) is 6.45. The molecule has 0 bridgehead atoms. The van der Waals surface area contributed by atoms with Crippen molar-refractivity contribution >= 4 is 6.03 Å². The fourth-order valence-corrected chi connectivity index (χ4v) is 1.75. The first-order valence-corrected chi connectivity index (χ1v) is 6.57. The first kappa shape index (κ1) is 15.3. The van der Waals surface area contributed by atoms with Crippen molar-refractivity contribution in [3.05, 3.63) is 29.3 Å². The van der Waals surface area contributed by atoms with Crippen LogP contribution in [0.3, 0.4) is 0 Å². The molecule has 1 aromatic carbocycles. The van der Waals surface area contributed by atoms with Gasteiger partial charge in [0.05, 0.1) is 7.11 Å². The Hall–Kier alpha value is -1.71. The van der Waals surface area contributed by atoms with E-state index < -0.39 is 0 Å². The van der Waals surface area contributed by atoms with Gasteiger partial charge in [0.25, 0.3) is 0 Å². The van der Waals surface area contributed by atoms with Crippen LogP contribution in [0.15, 0.2) is 18.2 Å². The molecule has 1 rings (SSSR count). The topological polar surface area (TPSA) is 50.4 Å². The standard InChI is InChI=1S/C15H24N2O2/c1-6-11-7-8-13(19-5)12(9-11)10-16-14(18)17-15(2,3)4/h7-9H,6,10H2,1-5H3,(H2,16,17,18). The Balaban J connectivity index is 2.68. The van der Waals surface area contributed by atoms with Crippen molar-refractivity contribution in [2.45, 2.75) is 46.2 Å². The maximum atomic E-state index is 11.7. The van der Waals surface area contributed by atoms with Crippen LogP contribution in [-0.4, -0.2) is 18.7 Å². The summed E-state index contributed by atoms with van der Waals surface area (Å²) in [6.45, 7) is 8.41. The van der Waals surface area contributed by atoms with E-state index in [2.05, 4.69) is 23.6 Å². The highest BCUT2D eigenvalue weighted by Crippen LogP contribution is 2.20. The second-order valence-corrected chi connectivity index (χ2v) is 5.56. The molecule has 0 heterocycles. The Bertz CT molecular complexity index is 436. The number of methoxy groups -OCH3 is 1. The third-order valence-corrected chi connectivity index (χ3v) is 2.68. The Morgan fingerprint density at radius 1 is 1.32 bits per heavy atom. The summed E-state index contributed by atoms with van der Waals surface area (Å²) in [5.41, 5.74) is 1.99. The first-order valence-electron chi connectivity index (χ1n) is 6.57. The highest BCUT2D eigenvalue weighted by molar-refractivity contribution is 5.74. The van der Waals surface area contributed by atoms with Gasteiger partial charge < -0.3 is 15.4 Å². The van der Waals surface area contributed by atoms with Gasteiger partial charge in [-0.2, -0.15) is 0 Å². The molecule has 0 saturated carbocycles. The first-order chi connectivity index (χ1) is 8.85. The number of aryl methyl sites for hydroxylation is 1. The summed E-state index contributed by atoms with van der Waals surface area (Å²) < 4.78 is 5.31. The highest BCUT2D eigenvalue weighted by atomic mass is 16.5. The second-order valence-electron chi connectivity index (χ2n) is 5.56. The van der Waals surface area contributed by atoms with E-state index in [-0.39, 0.29) is 11.6 Å². The van der Waals surface area contributed by atoms with Gasteiger partial charge in [0.2, 0.25) is 0 Å². The smallest absolute Gasteiger partial charge is 0.315 e. The lowest BCUT2D eigenvalue weighted by atomic mass is 10.1. The molecule has 0 aliphatic carbocycles. The van der Waals surface area contributed by atoms with Gasteiger partial charge in [-0.15, -0.1) is 0 Å². The number of benzene rings is 1. The van der Waals surface area contributed by atoms with Crippen LogP contribution in [-0.2, 0) is 13.0 Å². The Morgan fingerprint density at radius 2 is 2.00 bits per heavy atom. The van der Waals surface area contributed by atoms with Crippen LogP contribution in [0.2, 0.25) is 0 Å². The maximum absolute atomic E-state index is 11.7. The third-order valence-electron chi connectivity index (χ3n) is 2.68. The number of hydrogen-bond donors (Lipinski definition) is 2. The molecule has 0 spiro atoms. The highest BCUT2D eigenvalue weighted by Gasteiger charge is 2.13. The molecular weight excluding hydrogens is 240 g/mol. The Labute approximate surface area is 115 Å². The Morgan fingerprint density at radius 3 is 2.53 bits per heavy atom. The lowest BCUT2D eigenvalue weighted by molar-refractivity contribution is 0.231. The summed E-state index contributed by atoms with van der Waals surface area (Å²) in [7, 11) is 1.64. The molecule has 19 heavy (non-hydrogen) atoms. The number of nitrogens with one attached hydrogen (secondary N) is 2. The fraction of sp³-hybridized carbons (Fsp3) is 0.533. The molecular formula is C15H24N2O2. The molecule has 0 fully saturated rings. The minimum atomic E-state index is -0.237. The number of urea groups is 1. The molecule has 4 heteroatoms. The summed E-state index contributed by atoms with van der Waals surface area (Å²) in [6, 6.07) is 5.88. The zero-order valence-corrected chi connectivity index (χ0v) is 12.5. The van der Waals surface area contributed by atoms with Crippen LogP contribution in [0.4, 0.5) is 4.79 Å². The SMILES string of the molecule is CCc1ccc(OC)c(CNC(=O)NC(C)(C)C)c1. The molecule has 0 aliphatic rings. The number of rotatable bonds is 4. The van der Waals surface area contributed by atoms with E-state index in [1.54, 1.807) is 7.11 Å². The molecule has 0 radical (unpaired) electrons. The lowest BCUT2D eigenvalue weighted by Crippen LogP contribution is -2.46. The van der Waals surface area contributed by atoms with Gasteiger partial charge >= 0.3 is 6.03 Å². The molecule has 4 nitrogen and oxygen atoms in total. The molecule has 106 valence electrons. The van der Waals surface area contributed by atoms with Crippen LogP contribution in [0, 0.1) is 0 Å². The van der Waals surface area contributed by atoms with Crippen molar-refractivity contribution in [2.75, 3.05) is 7.11 Å². The van der Waals surface area contributed by atoms with Gasteiger partial charge in [-0.1, -0.05) is 19.1 Å². The molecule has 0 saturated heterocycles. The van der Waals surface area contributed by atoms with Crippen molar-refractivity contribution in [3.63, 3.8) is 0 Å². The number of carbonyl (C=O) groups is 1. The van der Waals surface area contributed by atoms with Crippen molar-refractivity contribution in [3.8, 4) is 5.75 Å². The van der Waals surface area contributed by atoms with Gasteiger partial charge in [-0.25, -0.2) is 4.79 Å². The van der Waals surface area contributed by atoms with E-state index in [0.29, 0.717) is 6.54 Å². The van der Waals surface area contributed by atoms with E-state index in [0.717, 1.165) is 17.7 Å². The maximum Gasteiger partial charge on any atom is 0.315 e. The van der Waals surface area contributed by atoms with Gasteiger partial charge in [-0.3, -0.25) is 0 Å². The molecule has 0 unspecified atom stereocenters. The predicted molar refractivity (Wildman–Crippen MR) is 77.5 cm³/mol. The Kier molecular flexibility index (Phi) is 5.21. The van der Waals surface area contributed by atoms with Crippen molar-refractivity contribution in [1.29, 1.82) is 0 Å². The zero-order valence-electron chi connectivity index (χ0n) is 12.5. The van der Waals surface area contributed by atoms with E-state index in [4.69, 9.17) is 4.74 Å². The van der Waals surface area contributed by atoms with E-state index in [9.17, 15) is 4.79 Å². The number of hydrogen-bond acceptors (Lipinski definition) is 2. The van der Waals surface area contributed by atoms with Crippen LogP contribution in [0.5, 0.6) is 5.75 Å².